The van der Waals surface area contributed by atoms with Crippen molar-refractivity contribution in [1.29, 1.82) is 0 Å². The number of halogens is 1. The lowest BCUT2D eigenvalue weighted by atomic mass is 10.0. The van der Waals surface area contributed by atoms with Gasteiger partial charge < -0.3 is 10.2 Å². The fraction of sp³-hybridized carbons (Fsp3) is 0.222. The number of benzene rings is 1. The molecule has 0 atom stereocenters. The normalized spacial score (nSPS) is 10.0. The van der Waals surface area contributed by atoms with Crippen molar-refractivity contribution in [3.63, 3.8) is 0 Å². The summed E-state index contributed by atoms with van der Waals surface area (Å²) >= 11 is 3.04. The number of carbonyl (C=O) groups excluding carboxylic acids is 1. The number of hydrogen-bond donors (Lipinski definition) is 2. The Hall–Kier alpha value is -1.03. The average Bonchev–Trinajstić information content (AvgIpc) is 2.10. The quantitative estimate of drug-likeness (QED) is 0.476. The van der Waals surface area contributed by atoms with Crippen LogP contribution in [-0.2, 0) is 0 Å². The summed E-state index contributed by atoms with van der Waals surface area (Å²) in [5.41, 5.74) is 1.08. The first kappa shape index (κ1) is 10.1. The van der Waals surface area contributed by atoms with Crippen molar-refractivity contribution in [2.75, 3.05) is 5.33 Å². The number of Topliss-reactive ketones (excluding diaryl/α,β-unsaturated/α-hetero) is 1. The van der Waals surface area contributed by atoms with Crippen LogP contribution in [0.1, 0.15) is 15.9 Å². The Bertz CT molecular complexity index is 347. The first-order chi connectivity index (χ1) is 6.06. The molecule has 3 nitrogen and oxygen atoms in total. The van der Waals surface area contributed by atoms with Gasteiger partial charge in [-0.05, 0) is 24.6 Å². The predicted molar refractivity (Wildman–Crippen MR) is 52.6 cm³/mol. The molecule has 0 amide bonds. The highest BCUT2D eigenvalue weighted by Gasteiger charge is 2.11. The highest BCUT2D eigenvalue weighted by molar-refractivity contribution is 9.09. The molecule has 4 heteroatoms. The van der Waals surface area contributed by atoms with Crippen LogP contribution < -0.4 is 0 Å². The van der Waals surface area contributed by atoms with Crippen LogP contribution in [0.25, 0.3) is 0 Å². The van der Waals surface area contributed by atoms with Gasteiger partial charge in [0.2, 0.25) is 0 Å². The van der Waals surface area contributed by atoms with Gasteiger partial charge in [0.1, 0.15) is 0 Å². The number of ketones is 1. The van der Waals surface area contributed by atoms with Crippen LogP contribution in [0, 0.1) is 6.92 Å². The summed E-state index contributed by atoms with van der Waals surface area (Å²) in [5, 5.41) is 18.5. The number of phenolic OH excluding ortho intramolecular Hbond substituents is 2. The minimum Gasteiger partial charge on any atom is -0.504 e. The predicted octanol–water partition coefficient (Wildman–Crippen LogP) is 1.98. The Balaban J connectivity index is 3.23. The van der Waals surface area contributed by atoms with E-state index in [0.717, 1.165) is 0 Å². The lowest BCUT2D eigenvalue weighted by Crippen LogP contribution is -2.02. The van der Waals surface area contributed by atoms with E-state index in [2.05, 4.69) is 15.9 Å². The van der Waals surface area contributed by atoms with Crippen LogP contribution in [0.4, 0.5) is 0 Å². The third kappa shape index (κ3) is 2.01. The maximum Gasteiger partial charge on any atom is 0.173 e. The third-order valence-electron chi connectivity index (χ3n) is 1.74. The Kier molecular flexibility index (Phi) is 2.93. The maximum atomic E-state index is 11.3. The summed E-state index contributed by atoms with van der Waals surface area (Å²) in [6.45, 7) is 1.70. The van der Waals surface area contributed by atoms with E-state index in [4.69, 9.17) is 10.2 Å². The third-order valence-corrected chi connectivity index (χ3v) is 2.25. The highest BCUT2D eigenvalue weighted by atomic mass is 79.9. The lowest BCUT2D eigenvalue weighted by Gasteiger charge is -2.04. The Morgan fingerprint density at radius 3 is 2.46 bits per heavy atom. The molecule has 70 valence electrons. The standard InChI is InChI=1S/C9H9BrO3/c1-5-2-7(11)8(12)3-6(5)9(13)4-10/h2-3,11-12H,4H2,1H3. The van der Waals surface area contributed by atoms with Crippen LogP contribution in [0.5, 0.6) is 11.5 Å². The topological polar surface area (TPSA) is 57.5 Å². The SMILES string of the molecule is Cc1cc(O)c(O)cc1C(=O)CBr. The number of phenols is 2. The number of aryl methyl sites for hydroxylation is 1. The van der Waals surface area contributed by atoms with E-state index in [9.17, 15) is 4.79 Å². The molecule has 0 aromatic heterocycles. The van der Waals surface area contributed by atoms with Crippen molar-refractivity contribution in [1.82, 2.24) is 0 Å². The van der Waals surface area contributed by atoms with Gasteiger partial charge in [-0.1, -0.05) is 15.9 Å². The van der Waals surface area contributed by atoms with Gasteiger partial charge in [0.05, 0.1) is 5.33 Å². The van der Waals surface area contributed by atoms with Gasteiger partial charge in [0.15, 0.2) is 17.3 Å². The summed E-state index contributed by atoms with van der Waals surface area (Å²) < 4.78 is 0. The molecule has 13 heavy (non-hydrogen) atoms. The van der Waals surface area contributed by atoms with Crippen LogP contribution in [0.2, 0.25) is 0 Å². The molecule has 0 aliphatic rings. The van der Waals surface area contributed by atoms with Gasteiger partial charge in [-0.3, -0.25) is 4.79 Å². The molecule has 0 fully saturated rings. The second kappa shape index (κ2) is 3.79. The molecule has 0 unspecified atom stereocenters. The lowest BCUT2D eigenvalue weighted by molar-refractivity contribution is 0.102. The average molecular weight is 245 g/mol. The van der Waals surface area contributed by atoms with Gasteiger partial charge >= 0.3 is 0 Å². The summed E-state index contributed by atoms with van der Waals surface area (Å²) in [5.74, 6) is -0.591. The van der Waals surface area contributed by atoms with Crippen LogP contribution in [0.3, 0.4) is 0 Å². The zero-order valence-electron chi connectivity index (χ0n) is 7.04. The van der Waals surface area contributed by atoms with Gasteiger partial charge in [0, 0.05) is 5.56 Å². The number of carbonyl (C=O) groups is 1. The van der Waals surface area contributed by atoms with Crippen molar-refractivity contribution in [3.8, 4) is 11.5 Å². The minimum atomic E-state index is -0.269. The van der Waals surface area contributed by atoms with Gasteiger partial charge in [-0.25, -0.2) is 0 Å². The maximum absolute atomic E-state index is 11.3. The van der Waals surface area contributed by atoms with Crippen molar-refractivity contribution in [2.45, 2.75) is 6.92 Å². The summed E-state index contributed by atoms with van der Waals surface area (Å²) in [6.07, 6.45) is 0. The molecule has 0 saturated carbocycles. The van der Waals surface area contributed by atoms with Crippen LogP contribution >= 0.6 is 15.9 Å². The molecule has 0 spiro atoms. The summed E-state index contributed by atoms with van der Waals surface area (Å²) in [7, 11) is 0. The fourth-order valence-electron chi connectivity index (χ4n) is 1.05. The second-order valence-electron chi connectivity index (χ2n) is 2.71. The Labute approximate surface area is 84.1 Å². The monoisotopic (exact) mass is 244 g/mol. The van der Waals surface area contributed by atoms with Crippen LogP contribution in [0.15, 0.2) is 12.1 Å². The van der Waals surface area contributed by atoms with E-state index in [0.29, 0.717) is 11.1 Å². The molecule has 1 aromatic carbocycles. The molecule has 0 saturated heterocycles. The zero-order valence-corrected chi connectivity index (χ0v) is 8.63. The number of rotatable bonds is 2. The molecule has 2 N–H and O–H groups in total. The zero-order chi connectivity index (χ0) is 10.0. The Morgan fingerprint density at radius 2 is 1.92 bits per heavy atom. The molecule has 1 rings (SSSR count). The van der Waals surface area contributed by atoms with Crippen molar-refractivity contribution < 1.29 is 15.0 Å². The molecular weight excluding hydrogens is 236 g/mol. The van der Waals surface area contributed by atoms with E-state index in [1.165, 1.54) is 12.1 Å². The molecular formula is C9H9BrO3. The van der Waals surface area contributed by atoms with E-state index < -0.39 is 0 Å². The highest BCUT2D eigenvalue weighted by Crippen LogP contribution is 2.28. The smallest absolute Gasteiger partial charge is 0.173 e. The molecule has 0 radical (unpaired) electrons. The summed E-state index contributed by atoms with van der Waals surface area (Å²) in [4.78, 5) is 11.3. The number of hydrogen-bond acceptors (Lipinski definition) is 3. The van der Waals surface area contributed by atoms with Crippen LogP contribution in [-0.4, -0.2) is 21.3 Å². The molecule has 0 aliphatic carbocycles. The van der Waals surface area contributed by atoms with Crippen molar-refractivity contribution >= 4 is 21.7 Å². The number of aromatic hydroxyl groups is 2. The Morgan fingerprint density at radius 1 is 1.38 bits per heavy atom. The molecule has 0 bridgehead atoms. The van der Waals surface area contributed by atoms with E-state index in [1.807, 2.05) is 0 Å². The van der Waals surface area contributed by atoms with Gasteiger partial charge in [-0.15, -0.1) is 0 Å². The second-order valence-corrected chi connectivity index (χ2v) is 3.27. The van der Waals surface area contributed by atoms with E-state index in [1.54, 1.807) is 6.92 Å². The van der Waals surface area contributed by atoms with E-state index >= 15 is 0 Å². The van der Waals surface area contributed by atoms with Crippen molar-refractivity contribution in [2.24, 2.45) is 0 Å². The first-order valence-electron chi connectivity index (χ1n) is 3.68. The fourth-order valence-corrected chi connectivity index (χ4v) is 1.36. The molecule has 0 aliphatic heterocycles. The largest absolute Gasteiger partial charge is 0.504 e. The molecule has 1 aromatic rings. The van der Waals surface area contributed by atoms with Gasteiger partial charge in [-0.2, -0.15) is 0 Å². The summed E-state index contributed by atoms with van der Waals surface area (Å²) in [6, 6.07) is 2.64. The minimum absolute atomic E-state index is 0.118. The van der Waals surface area contributed by atoms with Gasteiger partial charge in [0.25, 0.3) is 0 Å². The van der Waals surface area contributed by atoms with E-state index in [-0.39, 0.29) is 22.6 Å². The van der Waals surface area contributed by atoms with Crippen molar-refractivity contribution in [3.05, 3.63) is 23.3 Å². The molecule has 0 heterocycles. The first-order valence-corrected chi connectivity index (χ1v) is 4.80. The number of alkyl halides is 1.